The molecule has 2 rings (SSSR count). The Labute approximate surface area is 133 Å². The van der Waals surface area contributed by atoms with E-state index in [-0.39, 0.29) is 26.6 Å². The normalized spacial score (nSPS) is 8.42. The number of hydrogen-bond acceptors (Lipinski definition) is 2. The van der Waals surface area contributed by atoms with Gasteiger partial charge in [-0.2, -0.15) is 0 Å². The van der Waals surface area contributed by atoms with Gasteiger partial charge in [0, 0.05) is 27.6 Å². The molecule has 0 aliphatic rings. The summed E-state index contributed by atoms with van der Waals surface area (Å²) < 4.78 is 0. The zero-order valence-electron chi connectivity index (χ0n) is 9.80. The maximum Gasteiger partial charge on any atom is 0.188 e. The number of thiocarbonyl (C=S) groups is 2. The summed E-state index contributed by atoms with van der Waals surface area (Å²) in [5.74, 6) is 0. The molecule has 2 nitrogen and oxygen atoms in total. The van der Waals surface area contributed by atoms with Crippen LogP contribution in [0.5, 0.6) is 0 Å². The van der Waals surface area contributed by atoms with Crippen LogP contribution in [0.4, 0.5) is 0 Å². The minimum absolute atomic E-state index is 0. The van der Waals surface area contributed by atoms with Crippen LogP contribution in [0.2, 0.25) is 0 Å². The summed E-state index contributed by atoms with van der Waals surface area (Å²) in [6.45, 7) is 0. The molecule has 0 aromatic heterocycles. The van der Waals surface area contributed by atoms with Gasteiger partial charge in [-0.15, -0.1) is 0 Å². The Bertz CT molecular complexity index is 466. The maximum absolute atomic E-state index is 8.76. The van der Waals surface area contributed by atoms with Gasteiger partial charge in [0.15, 0.2) is 10.1 Å². The number of hydrogen-bond donors (Lipinski definition) is 2. The molecule has 2 aromatic carbocycles. The molecule has 0 spiro atoms. The summed E-state index contributed by atoms with van der Waals surface area (Å²) in [5.41, 5.74) is 1.40. The third-order valence-electron chi connectivity index (χ3n) is 2.04. The van der Waals surface area contributed by atoms with Crippen molar-refractivity contribution in [2.45, 2.75) is 0 Å². The Morgan fingerprint density at radius 2 is 0.895 bits per heavy atom. The van der Waals surface area contributed by atoms with E-state index >= 15 is 0 Å². The van der Waals surface area contributed by atoms with Crippen molar-refractivity contribution in [3.05, 3.63) is 71.8 Å². The second kappa shape index (κ2) is 9.62. The predicted octanol–water partition coefficient (Wildman–Crippen LogP) is 3.84. The number of benzene rings is 2. The summed E-state index contributed by atoms with van der Waals surface area (Å²) >= 11 is 9.04. The Morgan fingerprint density at radius 3 is 1.05 bits per heavy atom. The van der Waals surface area contributed by atoms with Crippen LogP contribution < -0.4 is 0 Å². The molecule has 102 valence electrons. The molecule has 19 heavy (non-hydrogen) atoms. The summed E-state index contributed by atoms with van der Waals surface area (Å²) in [4.78, 5) is 0. The van der Waals surface area contributed by atoms with E-state index in [9.17, 15) is 0 Å². The van der Waals surface area contributed by atoms with Crippen molar-refractivity contribution < 1.29 is 26.7 Å². The molecule has 0 saturated carbocycles. The van der Waals surface area contributed by atoms with Gasteiger partial charge in [0.1, 0.15) is 0 Å². The van der Waals surface area contributed by atoms with Crippen molar-refractivity contribution in [2.24, 2.45) is 0 Å². The van der Waals surface area contributed by atoms with E-state index in [0.717, 1.165) is 0 Å². The standard InChI is InChI=1S/2C7H6OS.Ni/c2*8-7(9)6-4-2-1-3-5-6;/h2*1-5H,(H,8,9);. The number of aliphatic hydroxyl groups is 2. The van der Waals surface area contributed by atoms with E-state index in [0.29, 0.717) is 11.1 Å². The second-order valence-corrected chi connectivity index (χ2v) is 4.12. The monoisotopic (exact) mass is 334 g/mol. The fourth-order valence-corrected chi connectivity index (χ4v) is 1.43. The number of aliphatic hydroxyl groups excluding tert-OH is 2. The zero-order chi connectivity index (χ0) is 13.4. The average molecular weight is 335 g/mol. The topological polar surface area (TPSA) is 40.5 Å². The van der Waals surface area contributed by atoms with Crippen molar-refractivity contribution in [3.63, 3.8) is 0 Å². The van der Waals surface area contributed by atoms with E-state index in [4.69, 9.17) is 10.2 Å². The Balaban J connectivity index is 0.000000324. The maximum atomic E-state index is 8.76. The van der Waals surface area contributed by atoms with Gasteiger partial charge < -0.3 is 10.2 Å². The van der Waals surface area contributed by atoms with Crippen LogP contribution in [0.3, 0.4) is 0 Å². The Morgan fingerprint density at radius 1 is 0.632 bits per heavy atom. The summed E-state index contributed by atoms with van der Waals surface area (Å²) in [7, 11) is 0. The van der Waals surface area contributed by atoms with Crippen molar-refractivity contribution in [1.82, 2.24) is 0 Å². The first-order valence-electron chi connectivity index (χ1n) is 5.18. The molecular weight excluding hydrogens is 323 g/mol. The molecule has 0 fully saturated rings. The molecule has 0 atom stereocenters. The van der Waals surface area contributed by atoms with E-state index in [1.54, 1.807) is 24.3 Å². The first-order chi connectivity index (χ1) is 8.61. The molecule has 2 aromatic rings. The molecule has 0 saturated heterocycles. The van der Waals surface area contributed by atoms with Crippen molar-refractivity contribution in [3.8, 4) is 0 Å². The van der Waals surface area contributed by atoms with Crippen LogP contribution in [0.1, 0.15) is 11.1 Å². The van der Waals surface area contributed by atoms with Gasteiger partial charge in [-0.1, -0.05) is 60.7 Å². The summed E-state index contributed by atoms with van der Waals surface area (Å²) in [6.07, 6.45) is 0. The minimum atomic E-state index is -0.0457. The average Bonchev–Trinajstić information content (AvgIpc) is 2.41. The summed E-state index contributed by atoms with van der Waals surface area (Å²) in [6, 6.07) is 18.1. The largest absolute Gasteiger partial charge is 0.499 e. The van der Waals surface area contributed by atoms with E-state index in [1.807, 2.05) is 36.4 Å². The smallest absolute Gasteiger partial charge is 0.188 e. The molecule has 0 heterocycles. The third kappa shape index (κ3) is 7.01. The summed E-state index contributed by atoms with van der Waals surface area (Å²) in [5, 5.41) is 17.4. The van der Waals surface area contributed by atoms with Crippen LogP contribution in [-0.2, 0) is 16.5 Å². The molecule has 0 aliphatic heterocycles. The first kappa shape index (κ1) is 17.7. The SMILES string of the molecule is OC(=S)c1ccccc1.OC(=S)c1ccccc1.[Ni]. The molecule has 0 aliphatic carbocycles. The van der Waals surface area contributed by atoms with Gasteiger partial charge >= 0.3 is 0 Å². The molecule has 0 unspecified atom stereocenters. The van der Waals surface area contributed by atoms with E-state index in [2.05, 4.69) is 24.4 Å². The minimum Gasteiger partial charge on any atom is -0.499 e. The quantitative estimate of drug-likeness (QED) is 0.646. The predicted molar refractivity (Wildman–Crippen MR) is 81.5 cm³/mol. The van der Waals surface area contributed by atoms with E-state index < -0.39 is 0 Å². The molecule has 0 radical (unpaired) electrons. The second-order valence-electron chi connectivity index (χ2n) is 3.34. The van der Waals surface area contributed by atoms with Crippen LogP contribution in [0.25, 0.3) is 0 Å². The van der Waals surface area contributed by atoms with Gasteiger partial charge in [-0.05, 0) is 24.4 Å². The fourth-order valence-electron chi connectivity index (χ4n) is 1.16. The van der Waals surface area contributed by atoms with Gasteiger partial charge in [0.2, 0.25) is 0 Å². The first-order valence-corrected chi connectivity index (χ1v) is 5.99. The van der Waals surface area contributed by atoms with Crippen LogP contribution in [0.15, 0.2) is 60.7 Å². The van der Waals surface area contributed by atoms with Gasteiger partial charge in [-0.25, -0.2) is 0 Å². The molecule has 0 bridgehead atoms. The molecule has 5 heteroatoms. The van der Waals surface area contributed by atoms with Crippen molar-refractivity contribution in [2.75, 3.05) is 0 Å². The fraction of sp³-hybridized carbons (Fsp3) is 0. The van der Waals surface area contributed by atoms with Crippen LogP contribution >= 0.6 is 24.4 Å². The Kier molecular flexibility index (Phi) is 8.97. The van der Waals surface area contributed by atoms with Crippen LogP contribution in [-0.4, -0.2) is 20.3 Å². The van der Waals surface area contributed by atoms with Crippen molar-refractivity contribution >= 4 is 34.5 Å². The van der Waals surface area contributed by atoms with Crippen molar-refractivity contribution in [1.29, 1.82) is 0 Å². The third-order valence-corrected chi connectivity index (χ3v) is 2.51. The molecular formula is C14H12NiO2S2. The van der Waals surface area contributed by atoms with Gasteiger partial charge in [0.05, 0.1) is 0 Å². The van der Waals surface area contributed by atoms with Gasteiger partial charge in [0.25, 0.3) is 0 Å². The van der Waals surface area contributed by atoms with E-state index in [1.165, 1.54) is 0 Å². The molecule has 0 amide bonds. The molecule has 2 N–H and O–H groups in total. The zero-order valence-corrected chi connectivity index (χ0v) is 12.4. The Hall–Kier alpha value is -1.29. The number of rotatable bonds is 2. The van der Waals surface area contributed by atoms with Gasteiger partial charge in [-0.3, -0.25) is 0 Å². The van der Waals surface area contributed by atoms with Crippen LogP contribution in [0, 0.1) is 0 Å².